The number of nitrogens with one attached hydrogen (secondary N) is 1. The third kappa shape index (κ3) is 1.95. The van der Waals surface area contributed by atoms with Crippen LogP contribution in [0.2, 0.25) is 0 Å². The Hall–Kier alpha value is -1.58. The molecular weight excluding hydrogens is 264 g/mol. The van der Waals surface area contributed by atoms with Gasteiger partial charge in [0.15, 0.2) is 0 Å². The SMILES string of the molecule is Cc1c(NC2CC3CC2C2CCCC32)cccc1[N+](=O)[O-]. The van der Waals surface area contributed by atoms with Crippen molar-refractivity contribution < 1.29 is 4.92 Å². The van der Waals surface area contributed by atoms with Crippen molar-refractivity contribution in [1.29, 1.82) is 0 Å². The number of rotatable bonds is 3. The highest BCUT2D eigenvalue weighted by atomic mass is 16.6. The molecule has 0 heterocycles. The predicted octanol–water partition coefficient (Wildman–Crippen LogP) is 4.14. The summed E-state index contributed by atoms with van der Waals surface area (Å²) in [7, 11) is 0. The highest BCUT2D eigenvalue weighted by molar-refractivity contribution is 5.60. The summed E-state index contributed by atoms with van der Waals surface area (Å²) in [5, 5.41) is 14.7. The van der Waals surface area contributed by atoms with Gasteiger partial charge < -0.3 is 5.32 Å². The maximum Gasteiger partial charge on any atom is 0.274 e. The molecule has 3 aliphatic rings. The van der Waals surface area contributed by atoms with Crippen LogP contribution in [-0.2, 0) is 0 Å². The van der Waals surface area contributed by atoms with Crippen LogP contribution in [0, 0.1) is 40.7 Å². The van der Waals surface area contributed by atoms with Crippen molar-refractivity contribution >= 4 is 11.4 Å². The van der Waals surface area contributed by atoms with Gasteiger partial charge in [-0.05, 0) is 62.3 Å². The van der Waals surface area contributed by atoms with Gasteiger partial charge in [-0.15, -0.1) is 0 Å². The van der Waals surface area contributed by atoms with Gasteiger partial charge >= 0.3 is 0 Å². The van der Waals surface area contributed by atoms with Crippen molar-refractivity contribution in [3.8, 4) is 0 Å². The largest absolute Gasteiger partial charge is 0.382 e. The third-order valence-electron chi connectivity index (χ3n) is 6.27. The lowest BCUT2D eigenvalue weighted by molar-refractivity contribution is -0.385. The first-order chi connectivity index (χ1) is 10.1. The van der Waals surface area contributed by atoms with E-state index in [9.17, 15) is 10.1 Å². The number of hydrogen-bond donors (Lipinski definition) is 1. The van der Waals surface area contributed by atoms with E-state index in [1.54, 1.807) is 12.1 Å². The summed E-state index contributed by atoms with van der Waals surface area (Å²) in [6.45, 7) is 1.85. The molecule has 1 N–H and O–H groups in total. The summed E-state index contributed by atoms with van der Waals surface area (Å²) >= 11 is 0. The van der Waals surface area contributed by atoms with Gasteiger partial charge in [0.1, 0.15) is 0 Å². The highest BCUT2D eigenvalue weighted by Crippen LogP contribution is 2.59. The van der Waals surface area contributed by atoms with Crippen LogP contribution in [0.5, 0.6) is 0 Å². The van der Waals surface area contributed by atoms with Crippen LogP contribution in [-0.4, -0.2) is 11.0 Å². The number of anilines is 1. The molecule has 3 fully saturated rings. The minimum atomic E-state index is -0.283. The molecule has 0 aliphatic heterocycles. The molecular formula is C17H22N2O2. The predicted molar refractivity (Wildman–Crippen MR) is 82.3 cm³/mol. The Kier molecular flexibility index (Phi) is 2.95. The van der Waals surface area contributed by atoms with E-state index >= 15 is 0 Å². The lowest BCUT2D eigenvalue weighted by Crippen LogP contribution is -2.34. The van der Waals surface area contributed by atoms with Crippen LogP contribution in [0.3, 0.4) is 0 Å². The zero-order valence-corrected chi connectivity index (χ0v) is 12.4. The molecule has 3 saturated carbocycles. The third-order valence-corrected chi connectivity index (χ3v) is 6.27. The minimum absolute atomic E-state index is 0.224. The zero-order chi connectivity index (χ0) is 14.6. The summed E-state index contributed by atoms with van der Waals surface area (Å²) in [6, 6.07) is 5.89. The standard InChI is InChI=1S/C17H22N2O2/c1-10-15(6-3-7-17(10)19(20)21)18-16-9-11-8-14(16)13-5-2-4-12(11)13/h3,6-7,11-14,16,18H,2,4-5,8-9H2,1H3. The molecule has 0 saturated heterocycles. The Bertz CT molecular complexity index is 586. The lowest BCUT2D eigenvalue weighted by Gasteiger charge is -2.33. The number of nitro benzene ring substituents is 1. The topological polar surface area (TPSA) is 55.2 Å². The summed E-state index contributed by atoms with van der Waals surface area (Å²) in [6.07, 6.45) is 6.88. The van der Waals surface area contributed by atoms with E-state index in [4.69, 9.17) is 0 Å². The van der Waals surface area contributed by atoms with E-state index in [1.807, 2.05) is 13.0 Å². The summed E-state index contributed by atoms with van der Waals surface area (Å²) in [5.74, 6) is 3.60. The van der Waals surface area contributed by atoms with Gasteiger partial charge in [0.2, 0.25) is 0 Å². The smallest absolute Gasteiger partial charge is 0.274 e. The van der Waals surface area contributed by atoms with Gasteiger partial charge in [-0.2, -0.15) is 0 Å². The average Bonchev–Trinajstić information content (AvgIpc) is 3.12. The molecule has 0 radical (unpaired) electrons. The van der Waals surface area contributed by atoms with Gasteiger partial charge in [-0.3, -0.25) is 10.1 Å². The second-order valence-electron chi connectivity index (χ2n) is 7.11. The minimum Gasteiger partial charge on any atom is -0.382 e. The van der Waals surface area contributed by atoms with Crippen molar-refractivity contribution in [2.24, 2.45) is 23.7 Å². The second-order valence-corrected chi connectivity index (χ2v) is 7.11. The van der Waals surface area contributed by atoms with E-state index in [0.717, 1.165) is 34.9 Å². The Morgan fingerprint density at radius 3 is 2.81 bits per heavy atom. The summed E-state index contributed by atoms with van der Waals surface area (Å²) < 4.78 is 0. The van der Waals surface area contributed by atoms with E-state index in [-0.39, 0.29) is 10.6 Å². The van der Waals surface area contributed by atoms with Gasteiger partial charge in [0.05, 0.1) is 4.92 Å². The molecule has 5 atom stereocenters. The second kappa shape index (κ2) is 4.72. The van der Waals surface area contributed by atoms with Crippen molar-refractivity contribution in [1.82, 2.24) is 0 Å². The monoisotopic (exact) mass is 286 g/mol. The molecule has 2 bridgehead atoms. The Morgan fingerprint density at radius 2 is 2.00 bits per heavy atom. The first kappa shape index (κ1) is 13.1. The van der Waals surface area contributed by atoms with Crippen molar-refractivity contribution in [2.75, 3.05) is 5.32 Å². The van der Waals surface area contributed by atoms with E-state index in [1.165, 1.54) is 32.1 Å². The molecule has 5 unspecified atom stereocenters. The molecule has 0 spiro atoms. The highest BCUT2D eigenvalue weighted by Gasteiger charge is 2.53. The van der Waals surface area contributed by atoms with Gasteiger partial charge in [-0.1, -0.05) is 12.5 Å². The Morgan fingerprint density at radius 1 is 1.19 bits per heavy atom. The van der Waals surface area contributed by atoms with Gasteiger partial charge in [0.25, 0.3) is 5.69 Å². The van der Waals surface area contributed by atoms with E-state index < -0.39 is 0 Å². The van der Waals surface area contributed by atoms with Crippen LogP contribution < -0.4 is 5.32 Å². The molecule has 4 nitrogen and oxygen atoms in total. The zero-order valence-electron chi connectivity index (χ0n) is 12.4. The molecule has 112 valence electrons. The lowest BCUT2D eigenvalue weighted by atomic mass is 9.79. The fraction of sp³-hybridized carbons (Fsp3) is 0.647. The molecule has 0 aromatic heterocycles. The molecule has 4 rings (SSSR count). The molecule has 3 aliphatic carbocycles. The Labute approximate surface area is 125 Å². The van der Waals surface area contributed by atoms with E-state index in [0.29, 0.717) is 6.04 Å². The summed E-state index contributed by atoms with van der Waals surface area (Å²) in [5.41, 5.74) is 1.95. The quantitative estimate of drug-likeness (QED) is 0.671. The molecule has 1 aromatic carbocycles. The van der Waals surface area contributed by atoms with Crippen molar-refractivity contribution in [2.45, 2.75) is 45.1 Å². The first-order valence-corrected chi connectivity index (χ1v) is 8.15. The molecule has 1 aromatic rings. The van der Waals surface area contributed by atoms with Crippen LogP contribution >= 0.6 is 0 Å². The maximum absolute atomic E-state index is 11.1. The normalized spacial score (nSPS) is 36.7. The molecule has 4 heteroatoms. The molecule has 21 heavy (non-hydrogen) atoms. The van der Waals surface area contributed by atoms with Crippen LogP contribution in [0.1, 0.15) is 37.7 Å². The van der Waals surface area contributed by atoms with E-state index in [2.05, 4.69) is 5.32 Å². The number of hydrogen-bond acceptors (Lipinski definition) is 3. The van der Waals surface area contributed by atoms with Crippen molar-refractivity contribution in [3.63, 3.8) is 0 Å². The maximum atomic E-state index is 11.1. The number of nitro groups is 1. The summed E-state index contributed by atoms with van der Waals surface area (Å²) in [4.78, 5) is 10.8. The number of fused-ring (bicyclic) bond motifs is 5. The van der Waals surface area contributed by atoms with Crippen molar-refractivity contribution in [3.05, 3.63) is 33.9 Å². The van der Waals surface area contributed by atoms with Crippen LogP contribution in [0.4, 0.5) is 11.4 Å². The van der Waals surface area contributed by atoms with Gasteiger partial charge in [-0.25, -0.2) is 0 Å². The average molecular weight is 286 g/mol. The fourth-order valence-electron chi connectivity index (χ4n) is 5.41. The number of benzene rings is 1. The van der Waals surface area contributed by atoms with Crippen LogP contribution in [0.25, 0.3) is 0 Å². The fourth-order valence-corrected chi connectivity index (χ4v) is 5.41. The van der Waals surface area contributed by atoms with Crippen LogP contribution in [0.15, 0.2) is 18.2 Å². The molecule has 0 amide bonds. The Balaban J connectivity index is 1.55. The first-order valence-electron chi connectivity index (χ1n) is 8.15. The van der Waals surface area contributed by atoms with Gasteiger partial charge in [0, 0.05) is 23.4 Å². The number of nitrogens with zero attached hydrogens (tertiary/aromatic N) is 1.